The van der Waals surface area contributed by atoms with Gasteiger partial charge >= 0.3 is 12.2 Å². The third-order valence-corrected chi connectivity index (χ3v) is 3.09. The van der Waals surface area contributed by atoms with Gasteiger partial charge in [0.05, 0.1) is 0 Å². The molecule has 1 rings (SSSR count). The van der Waals surface area contributed by atoms with Crippen LogP contribution in [0.1, 0.15) is 32.9 Å². The fraction of sp³-hybridized carbons (Fsp3) is 0.538. The van der Waals surface area contributed by atoms with E-state index in [1.807, 2.05) is 0 Å². The Hall–Kier alpha value is -1.84. The van der Waals surface area contributed by atoms with Gasteiger partial charge in [0.15, 0.2) is 5.16 Å². The summed E-state index contributed by atoms with van der Waals surface area (Å²) in [6, 6.07) is 0.149. The molecule has 0 unspecified atom stereocenters. The molecule has 0 aromatic carbocycles. The zero-order valence-corrected chi connectivity index (χ0v) is 13.6. The Kier molecular flexibility index (Phi) is 6.37. The highest BCUT2D eigenvalue weighted by Gasteiger charge is 2.32. The van der Waals surface area contributed by atoms with Crippen LogP contribution in [-0.4, -0.2) is 33.2 Å². The highest BCUT2D eigenvalue weighted by molar-refractivity contribution is 7.99. The van der Waals surface area contributed by atoms with Crippen molar-refractivity contribution in [2.75, 3.05) is 5.75 Å². The molecule has 0 saturated heterocycles. The molecule has 1 aromatic heterocycles. The molecule has 23 heavy (non-hydrogen) atoms. The molecular formula is C13H17F3N4O2S. The number of urea groups is 1. The largest absolute Gasteiger partial charge is 0.433 e. The van der Waals surface area contributed by atoms with Crippen molar-refractivity contribution in [2.24, 2.45) is 0 Å². The predicted octanol–water partition coefficient (Wildman–Crippen LogP) is 2.60. The molecule has 10 heteroatoms. The monoisotopic (exact) mass is 350 g/mol. The summed E-state index contributed by atoms with van der Waals surface area (Å²) < 4.78 is 37.5. The number of rotatable bonds is 4. The Morgan fingerprint density at radius 3 is 2.48 bits per heavy atom. The highest BCUT2D eigenvalue weighted by Crippen LogP contribution is 2.28. The average molecular weight is 350 g/mol. The number of thioether (sulfide) groups is 1. The summed E-state index contributed by atoms with van der Waals surface area (Å²) in [7, 11) is 0. The molecule has 0 aliphatic rings. The first kappa shape index (κ1) is 19.2. The second-order valence-electron chi connectivity index (χ2n) is 5.57. The molecule has 1 aromatic rings. The van der Waals surface area contributed by atoms with E-state index in [1.165, 1.54) is 0 Å². The zero-order chi connectivity index (χ0) is 17.7. The first-order chi connectivity index (χ1) is 10.5. The Bertz CT molecular complexity index is 573. The van der Waals surface area contributed by atoms with Crippen LogP contribution in [-0.2, 0) is 11.0 Å². The summed E-state index contributed by atoms with van der Waals surface area (Å²) in [6.45, 7) is 5.29. The number of carbonyl (C=O) groups is 2. The number of hydrogen-bond donors (Lipinski definition) is 2. The highest BCUT2D eigenvalue weighted by atomic mass is 32.2. The van der Waals surface area contributed by atoms with E-state index in [9.17, 15) is 22.8 Å². The van der Waals surface area contributed by atoms with Gasteiger partial charge in [-0.15, -0.1) is 0 Å². The number of aromatic nitrogens is 2. The zero-order valence-electron chi connectivity index (χ0n) is 12.8. The van der Waals surface area contributed by atoms with Crippen molar-refractivity contribution in [3.63, 3.8) is 0 Å². The lowest BCUT2D eigenvalue weighted by molar-refractivity contribution is -0.141. The van der Waals surface area contributed by atoms with Crippen molar-refractivity contribution in [1.82, 2.24) is 20.6 Å². The van der Waals surface area contributed by atoms with Gasteiger partial charge in [-0.3, -0.25) is 10.1 Å². The van der Waals surface area contributed by atoms with Crippen molar-refractivity contribution in [3.8, 4) is 0 Å². The average Bonchev–Trinajstić information content (AvgIpc) is 2.35. The Morgan fingerprint density at radius 2 is 1.91 bits per heavy atom. The SMILES string of the molecule is CC(C)(C)NC(=O)NC(=O)CCSc1nccc(C(F)(F)F)n1. The molecule has 0 bridgehead atoms. The van der Waals surface area contributed by atoms with Crippen LogP contribution in [0.25, 0.3) is 0 Å². The van der Waals surface area contributed by atoms with E-state index in [1.54, 1.807) is 20.8 Å². The van der Waals surface area contributed by atoms with Crippen LogP contribution in [0.2, 0.25) is 0 Å². The summed E-state index contributed by atoms with van der Waals surface area (Å²) in [6.07, 6.45) is -3.59. The van der Waals surface area contributed by atoms with Crippen LogP contribution in [0.5, 0.6) is 0 Å². The third kappa shape index (κ3) is 7.82. The smallest absolute Gasteiger partial charge is 0.333 e. The fourth-order valence-electron chi connectivity index (χ4n) is 1.36. The molecular weight excluding hydrogens is 333 g/mol. The number of alkyl halides is 3. The number of imide groups is 1. The van der Waals surface area contributed by atoms with E-state index >= 15 is 0 Å². The quantitative estimate of drug-likeness (QED) is 0.644. The minimum absolute atomic E-state index is 0.0537. The van der Waals surface area contributed by atoms with E-state index in [0.29, 0.717) is 0 Å². The molecule has 0 aliphatic carbocycles. The first-order valence-electron chi connectivity index (χ1n) is 6.62. The Morgan fingerprint density at radius 1 is 1.26 bits per heavy atom. The maximum Gasteiger partial charge on any atom is 0.433 e. The molecule has 0 spiro atoms. The van der Waals surface area contributed by atoms with Crippen LogP contribution in [0, 0.1) is 0 Å². The maximum absolute atomic E-state index is 12.5. The number of nitrogens with one attached hydrogen (secondary N) is 2. The molecule has 0 atom stereocenters. The molecule has 3 amide bonds. The lowest BCUT2D eigenvalue weighted by atomic mass is 10.1. The van der Waals surface area contributed by atoms with Gasteiger partial charge in [-0.1, -0.05) is 11.8 Å². The second-order valence-corrected chi connectivity index (χ2v) is 6.64. The lowest BCUT2D eigenvalue weighted by Crippen LogP contribution is -2.48. The van der Waals surface area contributed by atoms with Crippen LogP contribution in [0.4, 0.5) is 18.0 Å². The molecule has 0 fully saturated rings. The summed E-state index contributed by atoms with van der Waals surface area (Å²) >= 11 is 0.904. The lowest BCUT2D eigenvalue weighted by Gasteiger charge is -2.20. The van der Waals surface area contributed by atoms with Crippen molar-refractivity contribution >= 4 is 23.7 Å². The number of hydrogen-bond acceptors (Lipinski definition) is 5. The maximum atomic E-state index is 12.5. The topological polar surface area (TPSA) is 84.0 Å². The molecule has 0 saturated carbocycles. The minimum atomic E-state index is -4.54. The first-order valence-corrected chi connectivity index (χ1v) is 7.61. The molecule has 0 radical (unpaired) electrons. The molecule has 0 aliphatic heterocycles. The predicted molar refractivity (Wildman–Crippen MR) is 78.8 cm³/mol. The van der Waals surface area contributed by atoms with Crippen molar-refractivity contribution in [2.45, 2.75) is 44.1 Å². The van der Waals surface area contributed by atoms with Crippen molar-refractivity contribution < 1.29 is 22.8 Å². The third-order valence-electron chi connectivity index (χ3n) is 2.23. The molecule has 1 heterocycles. The number of carbonyl (C=O) groups excluding carboxylic acids is 2. The number of amides is 3. The summed E-state index contributed by atoms with van der Waals surface area (Å²) in [4.78, 5) is 30.1. The van der Waals surface area contributed by atoms with Gasteiger partial charge in [0.2, 0.25) is 5.91 Å². The Labute approximate surface area is 135 Å². The van der Waals surface area contributed by atoms with Gasteiger partial charge < -0.3 is 5.32 Å². The molecule has 2 N–H and O–H groups in total. The van der Waals surface area contributed by atoms with Gasteiger partial charge in [0.1, 0.15) is 5.69 Å². The summed E-state index contributed by atoms with van der Waals surface area (Å²) in [5.41, 5.74) is -1.52. The second kappa shape index (κ2) is 7.62. The molecule has 128 valence electrons. The number of nitrogens with zero attached hydrogens (tertiary/aromatic N) is 2. The van der Waals surface area contributed by atoms with Crippen LogP contribution < -0.4 is 10.6 Å². The minimum Gasteiger partial charge on any atom is -0.333 e. The summed E-state index contributed by atoms with van der Waals surface area (Å²) in [5.74, 6) is -0.387. The standard InChI is InChI=1S/C13H17F3N4O2S/c1-12(2,3)20-10(22)19-9(21)5-7-23-11-17-6-4-8(18-11)13(14,15)16/h4,6H,5,7H2,1-3H3,(H2,19,20,21,22). The van der Waals surface area contributed by atoms with Gasteiger partial charge in [0.25, 0.3) is 0 Å². The number of halogens is 3. The van der Waals surface area contributed by atoms with Crippen LogP contribution in [0.3, 0.4) is 0 Å². The van der Waals surface area contributed by atoms with E-state index in [0.717, 1.165) is 24.0 Å². The Balaban J connectivity index is 2.42. The van der Waals surface area contributed by atoms with Crippen molar-refractivity contribution in [1.29, 1.82) is 0 Å². The van der Waals surface area contributed by atoms with E-state index in [2.05, 4.69) is 20.6 Å². The van der Waals surface area contributed by atoms with Crippen molar-refractivity contribution in [3.05, 3.63) is 18.0 Å². The van der Waals surface area contributed by atoms with E-state index in [-0.39, 0.29) is 17.3 Å². The molecule has 6 nitrogen and oxygen atoms in total. The van der Waals surface area contributed by atoms with Crippen LogP contribution >= 0.6 is 11.8 Å². The van der Waals surface area contributed by atoms with E-state index < -0.39 is 29.3 Å². The fourth-order valence-corrected chi connectivity index (χ4v) is 2.13. The van der Waals surface area contributed by atoms with Gasteiger partial charge in [-0.25, -0.2) is 14.8 Å². The van der Waals surface area contributed by atoms with E-state index in [4.69, 9.17) is 0 Å². The summed E-state index contributed by atoms with van der Waals surface area (Å²) in [5, 5.41) is 4.61. The normalized spacial score (nSPS) is 11.9. The van der Waals surface area contributed by atoms with Crippen LogP contribution in [0.15, 0.2) is 17.4 Å². The van der Waals surface area contributed by atoms with Gasteiger partial charge in [-0.2, -0.15) is 13.2 Å². The van der Waals surface area contributed by atoms with Gasteiger partial charge in [-0.05, 0) is 26.8 Å². The van der Waals surface area contributed by atoms with Gasteiger partial charge in [0, 0.05) is 23.9 Å².